The second-order valence-electron chi connectivity index (χ2n) is 5.74. The van der Waals surface area contributed by atoms with E-state index in [1.807, 2.05) is 42.5 Å². The van der Waals surface area contributed by atoms with Gasteiger partial charge in [-0.3, -0.25) is 4.79 Å². The summed E-state index contributed by atoms with van der Waals surface area (Å²) in [6.45, 7) is 3.26. The van der Waals surface area contributed by atoms with Crippen molar-refractivity contribution in [3.8, 4) is 11.1 Å². The van der Waals surface area contributed by atoms with E-state index in [1.54, 1.807) is 13.8 Å². The molecular formula is C18H23ClN2O4S. The molecule has 0 aliphatic carbocycles. The molecule has 1 atom stereocenters. The van der Waals surface area contributed by atoms with Crippen molar-refractivity contribution in [1.82, 2.24) is 4.72 Å². The number of benzene rings is 2. The molecule has 2 rings (SSSR count). The van der Waals surface area contributed by atoms with Gasteiger partial charge in [0.2, 0.25) is 10.0 Å². The molecule has 0 saturated heterocycles. The first kappa shape index (κ1) is 22.1. The zero-order chi connectivity index (χ0) is 18.6. The third kappa shape index (κ3) is 4.82. The fourth-order valence-electron chi connectivity index (χ4n) is 2.75. The van der Waals surface area contributed by atoms with Crippen LogP contribution in [-0.4, -0.2) is 34.1 Å². The van der Waals surface area contributed by atoms with Crippen molar-refractivity contribution >= 4 is 28.4 Å². The number of sulfonamides is 1. The van der Waals surface area contributed by atoms with E-state index >= 15 is 0 Å². The van der Waals surface area contributed by atoms with Crippen LogP contribution in [0.4, 0.5) is 0 Å². The van der Waals surface area contributed by atoms with E-state index < -0.39 is 22.0 Å². The van der Waals surface area contributed by atoms with Crippen LogP contribution >= 0.6 is 12.4 Å². The Morgan fingerprint density at radius 2 is 1.65 bits per heavy atom. The molecule has 0 fully saturated rings. The summed E-state index contributed by atoms with van der Waals surface area (Å²) in [5.74, 6) is -0.720. The molecule has 0 heterocycles. The zero-order valence-electron chi connectivity index (χ0n) is 14.9. The molecule has 0 radical (unpaired) electrons. The first-order valence-electron chi connectivity index (χ1n) is 7.77. The SMILES string of the molecule is COC(=O)[C@H](CN)NS(=O)(=O)c1c(C)cc(-c2ccccc2)cc1C.Cl. The highest BCUT2D eigenvalue weighted by molar-refractivity contribution is 7.89. The first-order chi connectivity index (χ1) is 11.8. The number of hydrogen-bond acceptors (Lipinski definition) is 5. The second kappa shape index (κ2) is 9.14. The van der Waals surface area contributed by atoms with Gasteiger partial charge in [0.05, 0.1) is 12.0 Å². The number of hydrogen-bond donors (Lipinski definition) is 2. The molecule has 8 heteroatoms. The lowest BCUT2D eigenvalue weighted by atomic mass is 10.0. The maximum absolute atomic E-state index is 12.7. The van der Waals surface area contributed by atoms with Gasteiger partial charge in [-0.05, 0) is 36.1 Å². The summed E-state index contributed by atoms with van der Waals surface area (Å²) in [6, 6.07) is 12.2. The van der Waals surface area contributed by atoms with Crippen molar-refractivity contribution in [2.24, 2.45) is 5.73 Å². The Kier molecular flexibility index (Phi) is 7.77. The first-order valence-corrected chi connectivity index (χ1v) is 9.25. The zero-order valence-corrected chi connectivity index (χ0v) is 16.5. The predicted molar refractivity (Wildman–Crippen MR) is 104 cm³/mol. The Morgan fingerprint density at radius 3 is 2.12 bits per heavy atom. The Morgan fingerprint density at radius 1 is 1.12 bits per heavy atom. The van der Waals surface area contributed by atoms with Crippen molar-refractivity contribution in [3.05, 3.63) is 53.6 Å². The summed E-state index contributed by atoms with van der Waals surface area (Å²) in [4.78, 5) is 11.8. The van der Waals surface area contributed by atoms with Crippen LogP contribution in [0.2, 0.25) is 0 Å². The van der Waals surface area contributed by atoms with Crippen LogP contribution in [0.3, 0.4) is 0 Å². The van der Waals surface area contributed by atoms with Crippen molar-refractivity contribution in [2.75, 3.05) is 13.7 Å². The summed E-state index contributed by atoms with van der Waals surface area (Å²) in [7, 11) is -2.73. The van der Waals surface area contributed by atoms with Crippen molar-refractivity contribution in [1.29, 1.82) is 0 Å². The van der Waals surface area contributed by atoms with E-state index in [1.165, 1.54) is 7.11 Å². The molecule has 0 spiro atoms. The van der Waals surface area contributed by atoms with Crippen molar-refractivity contribution < 1.29 is 17.9 Å². The Labute approximate surface area is 160 Å². The lowest BCUT2D eigenvalue weighted by Gasteiger charge is -2.18. The highest BCUT2D eigenvalue weighted by atomic mass is 35.5. The van der Waals surface area contributed by atoms with Crippen LogP contribution < -0.4 is 10.5 Å². The van der Waals surface area contributed by atoms with Gasteiger partial charge in [0.25, 0.3) is 0 Å². The summed E-state index contributed by atoms with van der Waals surface area (Å²) >= 11 is 0. The maximum atomic E-state index is 12.7. The van der Waals surface area contributed by atoms with Gasteiger partial charge in [-0.25, -0.2) is 8.42 Å². The molecule has 0 aliphatic rings. The minimum absolute atomic E-state index is 0. The molecule has 0 unspecified atom stereocenters. The summed E-state index contributed by atoms with van der Waals surface area (Å²) in [5, 5.41) is 0. The number of methoxy groups -OCH3 is 1. The summed E-state index contributed by atoms with van der Waals surface area (Å²) in [5.41, 5.74) is 8.59. The monoisotopic (exact) mass is 398 g/mol. The molecule has 3 N–H and O–H groups in total. The van der Waals surface area contributed by atoms with Crippen LogP contribution in [0.15, 0.2) is 47.4 Å². The van der Waals surface area contributed by atoms with E-state index in [0.717, 1.165) is 11.1 Å². The molecular weight excluding hydrogens is 376 g/mol. The minimum atomic E-state index is -3.92. The Balaban J connectivity index is 0.00000338. The van der Waals surface area contributed by atoms with Gasteiger partial charge in [-0.2, -0.15) is 4.72 Å². The van der Waals surface area contributed by atoms with E-state index in [2.05, 4.69) is 9.46 Å². The maximum Gasteiger partial charge on any atom is 0.325 e. The number of carbonyl (C=O) groups excluding carboxylic acids is 1. The third-order valence-electron chi connectivity index (χ3n) is 3.85. The van der Waals surface area contributed by atoms with Crippen LogP contribution in [0.1, 0.15) is 11.1 Å². The molecule has 0 aromatic heterocycles. The van der Waals surface area contributed by atoms with E-state index in [-0.39, 0.29) is 23.8 Å². The highest BCUT2D eigenvalue weighted by Gasteiger charge is 2.27. The van der Waals surface area contributed by atoms with Gasteiger partial charge in [0.15, 0.2) is 0 Å². The van der Waals surface area contributed by atoms with Crippen molar-refractivity contribution in [3.63, 3.8) is 0 Å². The van der Waals surface area contributed by atoms with Gasteiger partial charge in [0, 0.05) is 6.54 Å². The molecule has 0 saturated carbocycles. The Bertz CT molecular complexity index is 847. The fourth-order valence-corrected chi connectivity index (χ4v) is 4.40. The number of halogens is 1. The number of carbonyl (C=O) groups is 1. The van der Waals surface area contributed by atoms with Crippen LogP contribution in [-0.2, 0) is 19.6 Å². The largest absolute Gasteiger partial charge is 0.468 e. The summed E-state index contributed by atoms with van der Waals surface area (Å²) < 4.78 is 32.4. The van der Waals surface area contributed by atoms with Crippen LogP contribution in [0.25, 0.3) is 11.1 Å². The van der Waals surface area contributed by atoms with Gasteiger partial charge in [-0.1, -0.05) is 42.5 Å². The normalized spacial score (nSPS) is 12.2. The average molecular weight is 399 g/mol. The smallest absolute Gasteiger partial charge is 0.325 e. The van der Waals surface area contributed by atoms with Crippen LogP contribution in [0.5, 0.6) is 0 Å². The lowest BCUT2D eigenvalue weighted by Crippen LogP contribution is -2.46. The number of ether oxygens (including phenoxy) is 1. The summed E-state index contributed by atoms with van der Waals surface area (Å²) in [6.07, 6.45) is 0. The molecule has 0 bridgehead atoms. The van der Waals surface area contributed by atoms with Crippen LogP contribution in [0, 0.1) is 13.8 Å². The van der Waals surface area contributed by atoms with E-state index in [4.69, 9.17) is 5.73 Å². The molecule has 0 amide bonds. The molecule has 6 nitrogen and oxygen atoms in total. The van der Waals surface area contributed by atoms with Crippen molar-refractivity contribution in [2.45, 2.75) is 24.8 Å². The second-order valence-corrected chi connectivity index (χ2v) is 7.39. The standard InChI is InChI=1S/C18H22N2O4S.ClH/c1-12-9-15(14-7-5-4-6-8-14)10-13(2)17(12)25(22,23)20-16(11-19)18(21)24-3;/h4-10,16,20H,11,19H2,1-3H3;1H/t16-;/m0./s1. The number of nitrogens with two attached hydrogens (primary N) is 1. The van der Waals surface area contributed by atoms with E-state index in [0.29, 0.717) is 11.1 Å². The average Bonchev–Trinajstić information content (AvgIpc) is 2.58. The van der Waals surface area contributed by atoms with Gasteiger partial charge < -0.3 is 10.5 Å². The predicted octanol–water partition coefficient (Wildman–Crippen LogP) is 2.17. The third-order valence-corrected chi connectivity index (χ3v) is 5.63. The highest BCUT2D eigenvalue weighted by Crippen LogP contribution is 2.28. The minimum Gasteiger partial charge on any atom is -0.468 e. The molecule has 26 heavy (non-hydrogen) atoms. The number of nitrogens with one attached hydrogen (secondary N) is 1. The number of esters is 1. The molecule has 0 aliphatic heterocycles. The number of rotatable bonds is 6. The quantitative estimate of drug-likeness (QED) is 0.726. The molecule has 142 valence electrons. The van der Waals surface area contributed by atoms with Gasteiger partial charge >= 0.3 is 5.97 Å². The number of aryl methyl sites for hydroxylation is 2. The topological polar surface area (TPSA) is 98.5 Å². The van der Waals surface area contributed by atoms with Gasteiger partial charge in [-0.15, -0.1) is 12.4 Å². The van der Waals surface area contributed by atoms with E-state index in [9.17, 15) is 13.2 Å². The van der Waals surface area contributed by atoms with Gasteiger partial charge in [0.1, 0.15) is 6.04 Å². The molecule has 2 aromatic rings. The fraction of sp³-hybridized carbons (Fsp3) is 0.278. The Hall–Kier alpha value is -1.93. The lowest BCUT2D eigenvalue weighted by molar-refractivity contribution is -0.142. The molecule has 2 aromatic carbocycles.